The molecule has 0 aliphatic carbocycles. The van der Waals surface area contributed by atoms with Gasteiger partial charge in [0.1, 0.15) is 17.1 Å². The Balaban J connectivity index is 0.000000999. The summed E-state index contributed by atoms with van der Waals surface area (Å²) in [6.07, 6.45) is 3.08. The first-order valence-corrected chi connectivity index (χ1v) is 18.4. The van der Waals surface area contributed by atoms with E-state index < -0.39 is 29.7 Å². The number of pyridine rings is 2. The summed E-state index contributed by atoms with van der Waals surface area (Å²) in [4.78, 5) is 50.5. The molecule has 0 aliphatic rings. The number of carboxylic acid groups (broad SMARTS) is 1. The molecule has 0 aromatic carbocycles. The Morgan fingerprint density at radius 1 is 0.677 bits per heavy atom. The number of nitrogens with one attached hydrogen (secondary N) is 1. The second-order valence-corrected chi connectivity index (χ2v) is 13.4. The van der Waals surface area contributed by atoms with Crippen molar-refractivity contribution in [3.05, 3.63) is 119 Å². The molecule has 24 heteroatoms. The molecule has 0 fully saturated rings. The first-order valence-electron chi connectivity index (χ1n) is 18.4. The molecule has 0 bridgehead atoms. The number of aryl methyl sites for hydroxylation is 4. The molecule has 0 saturated carbocycles. The van der Waals surface area contributed by atoms with Gasteiger partial charge >= 0.3 is 31.2 Å². The fourth-order valence-electron chi connectivity index (χ4n) is 5.10. The minimum Gasteiger partial charge on any atom is -0.543 e. The van der Waals surface area contributed by atoms with Gasteiger partial charge in [-0.05, 0) is 84.7 Å². The molecular weight excluding hydrogens is 857 g/mol. The number of carbonyl (C=O) groups excluding carboxylic acids is 2. The summed E-state index contributed by atoms with van der Waals surface area (Å²) in [7, 11) is 3.48. The van der Waals surface area contributed by atoms with Gasteiger partial charge in [0, 0.05) is 42.9 Å². The van der Waals surface area contributed by atoms with Gasteiger partial charge in [-0.15, -0.1) is 9.59 Å². The number of aromatic carboxylic acids is 1. The van der Waals surface area contributed by atoms with Crippen molar-refractivity contribution >= 4 is 11.9 Å². The van der Waals surface area contributed by atoms with E-state index in [2.05, 4.69) is 55.6 Å². The van der Waals surface area contributed by atoms with Crippen molar-refractivity contribution in [3.63, 3.8) is 0 Å². The quantitative estimate of drug-likeness (QED) is 0.138. The van der Waals surface area contributed by atoms with Crippen LogP contribution in [0.15, 0.2) is 73.8 Å². The SMILES string of the molecule is C.C.C.CN[C@@H](C)CCc1cnc(C(F)(F)F)cn1.Cc1ccc(-n2nccn2)c(C(=O)N(C)[C@@H](C)CCc2cnc(C(F)(F)F)cn2)n1.Cc1ccc(-n2nccn2)c(C(=O)[O-])n1.[Li+]. The van der Waals surface area contributed by atoms with Gasteiger partial charge in [0.15, 0.2) is 17.1 Å². The maximum absolute atomic E-state index is 13.1. The van der Waals surface area contributed by atoms with Crippen molar-refractivity contribution in [3.8, 4) is 11.4 Å². The van der Waals surface area contributed by atoms with Crippen LogP contribution in [0.1, 0.15) is 104 Å². The van der Waals surface area contributed by atoms with Crippen LogP contribution in [0.25, 0.3) is 11.4 Å². The van der Waals surface area contributed by atoms with Crippen molar-refractivity contribution < 1.29 is 59.9 Å². The zero-order chi connectivity index (χ0) is 44.9. The number of alkyl halides is 6. The van der Waals surface area contributed by atoms with E-state index in [4.69, 9.17) is 0 Å². The fourth-order valence-corrected chi connectivity index (χ4v) is 5.10. The third kappa shape index (κ3) is 17.4. The standard InChI is InChI=1S/C19H20F3N7O.C10H14F3N3.C9H8N4O2.3CH4.Li/c1-12-4-7-15(29-25-8-9-26-29)17(27-12)18(30)28(3)13(2)5-6-14-10-24-16(11-23-14)19(20,21)22;1-7(14-2)3-4-8-5-16-9(6-15-8)10(11,12)13;1-6-2-3-7(8(12-6)9(14)15)13-10-4-5-11-13;;;;/h4,7-11,13H,5-6H2,1-3H3;5-7,14H,3-4H2,1-2H3;2-5H,1H3,(H,14,15);3*1H4;/q;;;;;;+1/p-1/t13-;7-;;;;;/m00...../s1. The third-order valence-electron chi connectivity index (χ3n) is 8.81. The average Bonchev–Trinajstić information content (AvgIpc) is 3.98. The third-order valence-corrected chi connectivity index (χ3v) is 8.81. The number of amides is 1. The maximum Gasteiger partial charge on any atom is 1.00 e. The summed E-state index contributed by atoms with van der Waals surface area (Å²) >= 11 is 0. The Morgan fingerprint density at radius 3 is 1.45 bits per heavy atom. The van der Waals surface area contributed by atoms with Crippen LogP contribution in [-0.4, -0.2) is 103 Å². The first kappa shape index (κ1) is 58.8. The summed E-state index contributed by atoms with van der Waals surface area (Å²) in [5.74, 6) is -1.65. The largest absolute Gasteiger partial charge is 1.00 e. The second kappa shape index (κ2) is 26.6. The summed E-state index contributed by atoms with van der Waals surface area (Å²) in [5.41, 5.74) is 1.12. The van der Waals surface area contributed by atoms with Crippen LogP contribution < -0.4 is 29.3 Å². The number of hydrogen-bond acceptors (Lipinski definition) is 14. The molecule has 6 heterocycles. The number of nitrogens with zero attached hydrogens (tertiary/aromatic N) is 13. The maximum atomic E-state index is 13.1. The van der Waals surface area contributed by atoms with Crippen molar-refractivity contribution in [2.24, 2.45) is 0 Å². The van der Waals surface area contributed by atoms with E-state index in [1.807, 2.05) is 20.9 Å². The van der Waals surface area contributed by atoms with Gasteiger partial charge in [0.05, 0.1) is 54.5 Å². The molecule has 0 aliphatic heterocycles. The molecule has 2 atom stereocenters. The predicted octanol–water partition coefficient (Wildman–Crippen LogP) is 3.16. The molecule has 17 nitrogen and oxygen atoms in total. The molecule has 6 aromatic rings. The average molecular weight is 911 g/mol. The predicted molar refractivity (Wildman–Crippen MR) is 223 cm³/mol. The van der Waals surface area contributed by atoms with Gasteiger partial charge in [0.25, 0.3) is 5.91 Å². The van der Waals surface area contributed by atoms with Gasteiger partial charge in [0.2, 0.25) is 0 Å². The van der Waals surface area contributed by atoms with Gasteiger partial charge in [-0.25, -0.2) is 19.9 Å². The van der Waals surface area contributed by atoms with E-state index >= 15 is 0 Å². The van der Waals surface area contributed by atoms with E-state index in [9.17, 15) is 41.0 Å². The fraction of sp³-hybridized carbons (Fsp3) is 0.415. The van der Waals surface area contributed by atoms with Gasteiger partial charge in [-0.1, -0.05) is 22.3 Å². The molecule has 6 rings (SSSR count). The molecule has 6 aromatic heterocycles. The number of aromatic nitrogens is 12. The van der Waals surface area contributed by atoms with Gasteiger partial charge < -0.3 is 20.1 Å². The van der Waals surface area contributed by atoms with Gasteiger partial charge in [-0.2, -0.15) is 46.7 Å². The van der Waals surface area contributed by atoms with Crippen LogP contribution >= 0.6 is 0 Å². The van der Waals surface area contributed by atoms with Crippen molar-refractivity contribution in [1.29, 1.82) is 0 Å². The van der Waals surface area contributed by atoms with Crippen LogP contribution in [0.5, 0.6) is 0 Å². The number of carbonyl (C=O) groups is 2. The molecule has 348 valence electrons. The first-order chi connectivity index (χ1) is 28.8. The number of carboxylic acids is 1. The van der Waals surface area contributed by atoms with E-state index in [0.717, 1.165) is 25.0 Å². The second-order valence-electron chi connectivity index (χ2n) is 13.4. The molecule has 0 spiro atoms. The minimum atomic E-state index is -4.52. The molecule has 1 amide bonds. The van der Waals surface area contributed by atoms with E-state index in [-0.39, 0.29) is 64.5 Å². The summed E-state index contributed by atoms with van der Waals surface area (Å²) < 4.78 is 74.3. The Bertz CT molecular complexity index is 2320. The normalized spacial score (nSPS) is 11.6. The van der Waals surface area contributed by atoms with E-state index in [0.29, 0.717) is 59.5 Å². The van der Waals surface area contributed by atoms with Crippen LogP contribution in [0.2, 0.25) is 0 Å². The number of rotatable bonds is 12. The van der Waals surface area contributed by atoms with E-state index in [1.165, 1.54) is 45.5 Å². The van der Waals surface area contributed by atoms with Crippen LogP contribution in [0, 0.1) is 13.8 Å². The zero-order valence-electron chi connectivity index (χ0n) is 34.7. The van der Waals surface area contributed by atoms with Crippen LogP contribution in [0.4, 0.5) is 26.3 Å². The Morgan fingerprint density at radius 2 is 1.08 bits per heavy atom. The van der Waals surface area contributed by atoms with Gasteiger partial charge in [-0.3, -0.25) is 14.8 Å². The van der Waals surface area contributed by atoms with E-state index in [1.54, 1.807) is 45.2 Å². The van der Waals surface area contributed by atoms with Crippen LogP contribution in [-0.2, 0) is 25.2 Å². The van der Waals surface area contributed by atoms with Crippen molar-refractivity contribution in [2.75, 3.05) is 14.1 Å². The minimum absolute atomic E-state index is 0. The molecule has 0 unspecified atom stereocenters. The summed E-state index contributed by atoms with van der Waals surface area (Å²) in [5, 5.41) is 29.7. The molecule has 0 radical (unpaired) electrons. The Labute approximate surface area is 385 Å². The molecular formula is C41H53F6LiN14O3. The molecule has 1 N–H and O–H groups in total. The topological polar surface area (TPSA) is 211 Å². The number of hydrogen-bond donors (Lipinski definition) is 1. The summed E-state index contributed by atoms with van der Waals surface area (Å²) in [6.45, 7) is 7.32. The van der Waals surface area contributed by atoms with Crippen molar-refractivity contribution in [1.82, 2.24) is 70.1 Å². The smallest absolute Gasteiger partial charge is 0.543 e. The monoisotopic (exact) mass is 910 g/mol. The Kier molecular flexibility index (Phi) is 24.0. The van der Waals surface area contributed by atoms with Crippen LogP contribution in [0.3, 0.4) is 0 Å². The zero-order valence-corrected chi connectivity index (χ0v) is 34.7. The molecule has 0 saturated heterocycles. The summed E-state index contributed by atoms with van der Waals surface area (Å²) in [6, 6.07) is 6.86. The van der Waals surface area contributed by atoms with Crippen molar-refractivity contribution in [2.45, 2.75) is 100 Å². The molecule has 65 heavy (non-hydrogen) atoms. The number of halogens is 6. The Hall–Kier alpha value is -6.18.